The summed E-state index contributed by atoms with van der Waals surface area (Å²) in [5.74, 6) is -0.152. The van der Waals surface area contributed by atoms with Crippen LogP contribution in [0, 0.1) is 6.92 Å². The van der Waals surface area contributed by atoms with Crippen LogP contribution in [0.4, 0.5) is 4.79 Å². The van der Waals surface area contributed by atoms with Crippen LogP contribution in [0.3, 0.4) is 0 Å². The van der Waals surface area contributed by atoms with Gasteiger partial charge in [0.05, 0.1) is 0 Å². The van der Waals surface area contributed by atoms with Gasteiger partial charge in [-0.15, -0.1) is 0 Å². The summed E-state index contributed by atoms with van der Waals surface area (Å²) in [5.41, 5.74) is 0.255. The SMILES string of the molecule is CCCCCNC(=O)C(c1cccc(C)c1O)N(CC)C(=O)C(CCSC)NC(=O)OC(C)(C)C. The van der Waals surface area contributed by atoms with Crippen LogP contribution >= 0.6 is 11.8 Å². The molecule has 35 heavy (non-hydrogen) atoms. The van der Waals surface area contributed by atoms with Gasteiger partial charge < -0.3 is 25.4 Å². The number of aromatic hydroxyl groups is 1. The summed E-state index contributed by atoms with van der Waals surface area (Å²) in [4.78, 5) is 41.1. The molecule has 0 aliphatic heterocycles. The lowest BCUT2D eigenvalue weighted by Crippen LogP contribution is -2.53. The first-order chi connectivity index (χ1) is 16.5. The molecule has 0 bridgehead atoms. The van der Waals surface area contributed by atoms with Gasteiger partial charge in [0.1, 0.15) is 23.4 Å². The molecule has 8 nitrogen and oxygen atoms in total. The van der Waals surface area contributed by atoms with E-state index in [-0.39, 0.29) is 18.2 Å². The number of rotatable bonds is 13. The molecule has 9 heteroatoms. The topological polar surface area (TPSA) is 108 Å². The number of para-hydroxylation sites is 1. The van der Waals surface area contributed by atoms with Crippen molar-refractivity contribution in [2.45, 2.75) is 84.9 Å². The number of nitrogens with zero attached hydrogens (tertiary/aromatic N) is 1. The van der Waals surface area contributed by atoms with Crippen LogP contribution in [0.25, 0.3) is 0 Å². The maximum Gasteiger partial charge on any atom is 0.408 e. The van der Waals surface area contributed by atoms with E-state index < -0.39 is 29.7 Å². The Kier molecular flexibility index (Phi) is 13.0. The third-order valence-electron chi connectivity index (χ3n) is 5.43. The van der Waals surface area contributed by atoms with Gasteiger partial charge in [-0.3, -0.25) is 9.59 Å². The summed E-state index contributed by atoms with van der Waals surface area (Å²) in [7, 11) is 0. The lowest BCUT2D eigenvalue weighted by atomic mass is 9.99. The van der Waals surface area contributed by atoms with Crippen molar-refractivity contribution >= 4 is 29.7 Å². The van der Waals surface area contributed by atoms with Crippen LogP contribution < -0.4 is 10.6 Å². The Morgan fingerprint density at radius 3 is 2.43 bits per heavy atom. The standard InChI is InChI=1S/C26H43N3O5S/c1-8-10-11-16-27-23(31)21(19-14-12-13-18(3)22(19)30)29(9-2)24(32)20(15-17-35-7)28-25(33)34-26(4,5)6/h12-14,20-21,30H,8-11,15-17H2,1-7H3,(H,27,31)(H,28,33). The number of alkyl carbamates (subject to hydrolysis) is 1. The molecule has 3 N–H and O–H groups in total. The van der Waals surface area contributed by atoms with Crippen LogP contribution in [0.1, 0.15) is 77.5 Å². The molecule has 0 saturated heterocycles. The minimum Gasteiger partial charge on any atom is -0.507 e. The first-order valence-corrected chi connectivity index (χ1v) is 13.7. The highest BCUT2D eigenvalue weighted by molar-refractivity contribution is 7.98. The number of hydrogen-bond donors (Lipinski definition) is 3. The van der Waals surface area contributed by atoms with E-state index in [9.17, 15) is 19.5 Å². The zero-order valence-corrected chi connectivity index (χ0v) is 23.1. The van der Waals surface area contributed by atoms with E-state index in [0.717, 1.165) is 19.3 Å². The summed E-state index contributed by atoms with van der Waals surface area (Å²) in [6, 6.07) is 3.25. The van der Waals surface area contributed by atoms with Crippen molar-refractivity contribution in [3.8, 4) is 5.75 Å². The molecule has 0 spiro atoms. The molecule has 0 heterocycles. The Labute approximate surface area is 214 Å². The molecule has 0 saturated carbocycles. The zero-order valence-electron chi connectivity index (χ0n) is 22.3. The largest absolute Gasteiger partial charge is 0.507 e. The number of amides is 3. The molecule has 1 aromatic rings. The Hall–Kier alpha value is -2.42. The number of benzene rings is 1. The lowest BCUT2D eigenvalue weighted by Gasteiger charge is -2.34. The number of thioether (sulfide) groups is 1. The van der Waals surface area contributed by atoms with Crippen molar-refractivity contribution in [2.75, 3.05) is 25.1 Å². The number of likely N-dealkylation sites (N-methyl/N-ethyl adjacent to an activating group) is 1. The van der Waals surface area contributed by atoms with E-state index >= 15 is 0 Å². The summed E-state index contributed by atoms with van der Waals surface area (Å²) < 4.78 is 5.37. The third kappa shape index (κ3) is 9.99. The van der Waals surface area contributed by atoms with Crippen LogP contribution in [0.2, 0.25) is 0 Å². The van der Waals surface area contributed by atoms with Crippen LogP contribution in [-0.4, -0.2) is 64.7 Å². The highest BCUT2D eigenvalue weighted by Crippen LogP contribution is 2.32. The molecule has 0 fully saturated rings. The fourth-order valence-electron chi connectivity index (χ4n) is 3.64. The van der Waals surface area contributed by atoms with Gasteiger partial charge in [-0.2, -0.15) is 11.8 Å². The first kappa shape index (κ1) is 30.6. The molecule has 1 rings (SSSR count). The Balaban J connectivity index is 3.33. The maximum absolute atomic E-state index is 13.8. The average Bonchev–Trinajstić information content (AvgIpc) is 2.78. The monoisotopic (exact) mass is 509 g/mol. The number of phenolic OH excluding ortho intramolecular Hbond substituents is 1. The van der Waals surface area contributed by atoms with Crippen molar-refractivity contribution in [1.29, 1.82) is 0 Å². The van der Waals surface area contributed by atoms with Crippen LogP contribution in [-0.2, 0) is 14.3 Å². The number of nitrogens with one attached hydrogen (secondary N) is 2. The van der Waals surface area contributed by atoms with Crippen molar-refractivity contribution in [2.24, 2.45) is 0 Å². The van der Waals surface area contributed by atoms with E-state index in [4.69, 9.17) is 4.74 Å². The van der Waals surface area contributed by atoms with Gasteiger partial charge >= 0.3 is 6.09 Å². The van der Waals surface area contributed by atoms with Crippen molar-refractivity contribution in [3.63, 3.8) is 0 Å². The zero-order chi connectivity index (χ0) is 26.6. The third-order valence-corrected chi connectivity index (χ3v) is 6.07. The first-order valence-electron chi connectivity index (χ1n) is 12.3. The molecule has 0 radical (unpaired) electrons. The predicted molar refractivity (Wildman–Crippen MR) is 142 cm³/mol. The fraction of sp³-hybridized carbons (Fsp3) is 0.654. The molecule has 2 unspecified atom stereocenters. The number of hydrogen-bond acceptors (Lipinski definition) is 6. The number of aryl methyl sites for hydroxylation is 1. The number of carbonyl (C=O) groups excluding carboxylic acids is 3. The van der Waals surface area contributed by atoms with Gasteiger partial charge in [-0.25, -0.2) is 4.79 Å². The van der Waals surface area contributed by atoms with Gasteiger partial charge in [0, 0.05) is 18.7 Å². The second-order valence-corrected chi connectivity index (χ2v) is 10.5. The van der Waals surface area contributed by atoms with E-state index in [1.54, 1.807) is 64.6 Å². The molecular weight excluding hydrogens is 466 g/mol. The molecule has 0 aliphatic carbocycles. The normalized spacial score (nSPS) is 13.0. The Bertz CT molecular complexity index is 841. The second-order valence-electron chi connectivity index (χ2n) is 9.52. The number of ether oxygens (including phenoxy) is 1. The molecule has 1 aromatic carbocycles. The summed E-state index contributed by atoms with van der Waals surface area (Å²) in [6.07, 6.45) is 4.43. The van der Waals surface area contributed by atoms with E-state index in [0.29, 0.717) is 29.8 Å². The summed E-state index contributed by atoms with van der Waals surface area (Å²) in [6.45, 7) is 11.6. The highest BCUT2D eigenvalue weighted by Gasteiger charge is 2.36. The Morgan fingerprint density at radius 1 is 1.17 bits per heavy atom. The molecule has 0 aliphatic rings. The van der Waals surface area contributed by atoms with Crippen molar-refractivity contribution in [1.82, 2.24) is 15.5 Å². The summed E-state index contributed by atoms with van der Waals surface area (Å²) in [5, 5.41) is 16.4. The molecule has 3 amide bonds. The van der Waals surface area contributed by atoms with Crippen LogP contribution in [0.5, 0.6) is 5.75 Å². The predicted octanol–water partition coefficient (Wildman–Crippen LogP) is 4.54. The Morgan fingerprint density at radius 2 is 1.86 bits per heavy atom. The van der Waals surface area contributed by atoms with Gasteiger partial charge in [0.15, 0.2) is 0 Å². The van der Waals surface area contributed by atoms with Gasteiger partial charge in [0.2, 0.25) is 11.8 Å². The fourth-order valence-corrected chi connectivity index (χ4v) is 4.12. The van der Waals surface area contributed by atoms with Crippen molar-refractivity contribution < 1.29 is 24.2 Å². The smallest absolute Gasteiger partial charge is 0.408 e. The minimum absolute atomic E-state index is 0.0202. The number of phenols is 1. The second kappa shape index (κ2) is 14.9. The number of carbonyl (C=O) groups is 3. The average molecular weight is 510 g/mol. The number of unbranched alkanes of at least 4 members (excludes halogenated alkanes) is 2. The lowest BCUT2D eigenvalue weighted by molar-refractivity contribution is -0.142. The van der Waals surface area contributed by atoms with Gasteiger partial charge in [0.25, 0.3) is 0 Å². The van der Waals surface area contributed by atoms with E-state index in [1.807, 2.05) is 6.26 Å². The van der Waals surface area contributed by atoms with Crippen LogP contribution in [0.15, 0.2) is 18.2 Å². The van der Waals surface area contributed by atoms with Crippen molar-refractivity contribution in [3.05, 3.63) is 29.3 Å². The molecule has 0 aromatic heterocycles. The van der Waals surface area contributed by atoms with Gasteiger partial charge in [-0.1, -0.05) is 38.0 Å². The maximum atomic E-state index is 13.8. The minimum atomic E-state index is -1.04. The molecular formula is C26H43N3O5S. The van der Waals surface area contributed by atoms with E-state index in [1.165, 1.54) is 4.90 Å². The van der Waals surface area contributed by atoms with Gasteiger partial charge in [-0.05, 0) is 65.0 Å². The van der Waals surface area contributed by atoms with E-state index in [2.05, 4.69) is 17.6 Å². The molecule has 198 valence electrons. The quantitative estimate of drug-likeness (QED) is 0.337. The highest BCUT2D eigenvalue weighted by atomic mass is 32.2. The summed E-state index contributed by atoms with van der Waals surface area (Å²) >= 11 is 1.56. The molecule has 2 atom stereocenters.